The van der Waals surface area contributed by atoms with Crippen LogP contribution in [0.15, 0.2) is 36.4 Å². The normalized spacial score (nSPS) is 10.8. The first-order valence-corrected chi connectivity index (χ1v) is 6.75. The number of carbonyl (C=O) groups is 1. The quantitative estimate of drug-likeness (QED) is 0.729. The summed E-state index contributed by atoms with van der Waals surface area (Å²) in [7, 11) is 1.39. The van der Waals surface area contributed by atoms with Gasteiger partial charge in [0.25, 0.3) is 0 Å². The van der Waals surface area contributed by atoms with Crippen molar-refractivity contribution in [2.75, 3.05) is 7.11 Å². The Morgan fingerprint density at radius 3 is 2.62 bits per heavy atom. The van der Waals surface area contributed by atoms with Crippen LogP contribution in [0.3, 0.4) is 0 Å². The van der Waals surface area contributed by atoms with Crippen LogP contribution in [0.25, 0.3) is 22.2 Å². The third kappa shape index (κ3) is 2.18. The second-order valence-corrected chi connectivity index (χ2v) is 5.01. The lowest BCUT2D eigenvalue weighted by Gasteiger charge is -2.06. The molecule has 106 valence electrons. The number of benzene rings is 1. The average molecular weight is 280 g/mol. The molecule has 0 radical (unpaired) electrons. The van der Waals surface area contributed by atoms with Crippen molar-refractivity contribution in [2.45, 2.75) is 13.8 Å². The summed E-state index contributed by atoms with van der Waals surface area (Å²) in [6.07, 6.45) is 0. The summed E-state index contributed by atoms with van der Waals surface area (Å²) in [6.45, 7) is 3.80. The Kier molecular flexibility index (Phi) is 3.22. The van der Waals surface area contributed by atoms with Crippen LogP contribution >= 0.6 is 0 Å². The highest BCUT2D eigenvalue weighted by Crippen LogP contribution is 2.30. The third-order valence-electron chi connectivity index (χ3n) is 3.62. The lowest BCUT2D eigenvalue weighted by Crippen LogP contribution is -2.04. The Labute approximate surface area is 122 Å². The Balaban J connectivity index is 2.25. The van der Waals surface area contributed by atoms with E-state index >= 15 is 0 Å². The van der Waals surface area contributed by atoms with E-state index in [-0.39, 0.29) is 5.97 Å². The molecule has 0 amide bonds. The maximum Gasteiger partial charge on any atom is 0.340 e. The van der Waals surface area contributed by atoms with Gasteiger partial charge in [0, 0.05) is 22.3 Å². The SMILES string of the molecule is COC(=O)c1c(C)[nH]c(C)c1-c1ccc2ccccc2n1. The van der Waals surface area contributed by atoms with Crippen molar-refractivity contribution in [2.24, 2.45) is 0 Å². The number of carbonyl (C=O) groups excluding carboxylic acids is 1. The molecule has 2 aromatic heterocycles. The Bertz CT molecular complexity index is 834. The highest BCUT2D eigenvalue weighted by atomic mass is 16.5. The smallest absolute Gasteiger partial charge is 0.340 e. The molecule has 3 aromatic rings. The number of nitrogens with one attached hydrogen (secondary N) is 1. The first kappa shape index (κ1) is 13.4. The van der Waals surface area contributed by atoms with Gasteiger partial charge in [-0.1, -0.05) is 24.3 Å². The number of aromatic amines is 1. The van der Waals surface area contributed by atoms with Crippen molar-refractivity contribution < 1.29 is 9.53 Å². The Morgan fingerprint density at radius 2 is 1.86 bits per heavy atom. The van der Waals surface area contributed by atoms with Crippen LogP contribution in [0, 0.1) is 13.8 Å². The number of para-hydroxylation sites is 1. The molecule has 0 aliphatic rings. The van der Waals surface area contributed by atoms with E-state index in [9.17, 15) is 4.79 Å². The first-order chi connectivity index (χ1) is 10.1. The standard InChI is InChI=1S/C17H16N2O2/c1-10-15(16(11(2)18-10)17(20)21-3)14-9-8-12-6-4-5-7-13(12)19-14/h4-9,18H,1-3H3. The molecule has 1 aromatic carbocycles. The average Bonchev–Trinajstić information content (AvgIpc) is 2.80. The number of H-pyrrole nitrogens is 1. The van der Waals surface area contributed by atoms with E-state index < -0.39 is 0 Å². The van der Waals surface area contributed by atoms with Gasteiger partial charge in [-0.25, -0.2) is 9.78 Å². The van der Waals surface area contributed by atoms with Gasteiger partial charge in [0.2, 0.25) is 0 Å². The third-order valence-corrected chi connectivity index (χ3v) is 3.62. The highest BCUT2D eigenvalue weighted by Gasteiger charge is 2.22. The number of rotatable bonds is 2. The van der Waals surface area contributed by atoms with Gasteiger partial charge in [-0.05, 0) is 26.0 Å². The molecule has 0 unspecified atom stereocenters. The number of nitrogens with zero attached hydrogens (tertiary/aromatic N) is 1. The van der Waals surface area contributed by atoms with Crippen molar-refractivity contribution in [3.8, 4) is 11.3 Å². The molecule has 0 aliphatic heterocycles. The summed E-state index contributed by atoms with van der Waals surface area (Å²) in [4.78, 5) is 19.9. The number of ether oxygens (including phenoxy) is 1. The van der Waals surface area contributed by atoms with Crippen LogP contribution < -0.4 is 0 Å². The molecule has 0 fully saturated rings. The zero-order chi connectivity index (χ0) is 15.0. The number of aryl methyl sites for hydroxylation is 2. The van der Waals surface area contributed by atoms with Gasteiger partial charge in [-0.2, -0.15) is 0 Å². The summed E-state index contributed by atoms with van der Waals surface area (Å²) >= 11 is 0. The van der Waals surface area contributed by atoms with Gasteiger partial charge in [-0.3, -0.25) is 0 Å². The van der Waals surface area contributed by atoms with Crippen molar-refractivity contribution in [1.82, 2.24) is 9.97 Å². The zero-order valence-electron chi connectivity index (χ0n) is 12.2. The van der Waals surface area contributed by atoms with Crippen LogP contribution in [0.2, 0.25) is 0 Å². The minimum atomic E-state index is -0.346. The second-order valence-electron chi connectivity index (χ2n) is 5.01. The fourth-order valence-corrected chi connectivity index (χ4v) is 2.66. The van der Waals surface area contributed by atoms with E-state index in [1.54, 1.807) is 0 Å². The minimum absolute atomic E-state index is 0.346. The van der Waals surface area contributed by atoms with E-state index in [4.69, 9.17) is 4.74 Å². The number of esters is 1. The molecule has 2 heterocycles. The predicted octanol–water partition coefficient (Wildman–Crippen LogP) is 3.63. The van der Waals surface area contributed by atoms with Gasteiger partial charge in [0.1, 0.15) is 0 Å². The summed E-state index contributed by atoms with van der Waals surface area (Å²) in [5.74, 6) is -0.346. The number of methoxy groups -OCH3 is 1. The summed E-state index contributed by atoms with van der Waals surface area (Å²) < 4.78 is 4.89. The highest BCUT2D eigenvalue weighted by molar-refractivity contribution is 5.99. The van der Waals surface area contributed by atoms with Crippen LogP contribution in [-0.4, -0.2) is 23.0 Å². The zero-order valence-corrected chi connectivity index (χ0v) is 12.2. The number of hydrogen-bond acceptors (Lipinski definition) is 3. The fraction of sp³-hybridized carbons (Fsp3) is 0.176. The molecular formula is C17H16N2O2. The van der Waals surface area contributed by atoms with Crippen LogP contribution in [0.4, 0.5) is 0 Å². The van der Waals surface area contributed by atoms with E-state index in [1.807, 2.05) is 50.2 Å². The lowest BCUT2D eigenvalue weighted by molar-refractivity contribution is 0.0601. The number of aromatic nitrogens is 2. The van der Waals surface area contributed by atoms with Crippen molar-refractivity contribution in [3.05, 3.63) is 53.3 Å². The first-order valence-electron chi connectivity index (χ1n) is 6.75. The van der Waals surface area contributed by atoms with Crippen molar-refractivity contribution >= 4 is 16.9 Å². The maximum absolute atomic E-state index is 12.0. The van der Waals surface area contributed by atoms with Crippen molar-refractivity contribution in [3.63, 3.8) is 0 Å². The molecule has 0 aliphatic carbocycles. The monoisotopic (exact) mass is 280 g/mol. The molecule has 1 N–H and O–H groups in total. The van der Waals surface area contributed by atoms with Gasteiger partial charge in [0.05, 0.1) is 23.9 Å². The van der Waals surface area contributed by atoms with Gasteiger partial charge >= 0.3 is 5.97 Å². The van der Waals surface area contributed by atoms with Crippen LogP contribution in [-0.2, 0) is 4.74 Å². The van der Waals surface area contributed by atoms with Gasteiger partial charge in [-0.15, -0.1) is 0 Å². The maximum atomic E-state index is 12.0. The number of hydrogen-bond donors (Lipinski definition) is 1. The predicted molar refractivity (Wildman–Crippen MR) is 82.3 cm³/mol. The number of fused-ring (bicyclic) bond motifs is 1. The van der Waals surface area contributed by atoms with Gasteiger partial charge in [0.15, 0.2) is 0 Å². The topological polar surface area (TPSA) is 55.0 Å². The molecule has 4 heteroatoms. The Hall–Kier alpha value is -2.62. The molecule has 0 spiro atoms. The van der Waals surface area contributed by atoms with Crippen LogP contribution in [0.5, 0.6) is 0 Å². The minimum Gasteiger partial charge on any atom is -0.465 e. The molecular weight excluding hydrogens is 264 g/mol. The molecule has 4 nitrogen and oxygen atoms in total. The molecule has 21 heavy (non-hydrogen) atoms. The molecule has 3 rings (SSSR count). The fourth-order valence-electron chi connectivity index (χ4n) is 2.66. The van der Waals surface area contributed by atoms with Crippen molar-refractivity contribution in [1.29, 1.82) is 0 Å². The molecule has 0 bridgehead atoms. The summed E-state index contributed by atoms with van der Waals surface area (Å²) in [5, 5.41) is 1.07. The molecule has 0 saturated heterocycles. The van der Waals surface area contributed by atoms with Gasteiger partial charge < -0.3 is 9.72 Å². The largest absolute Gasteiger partial charge is 0.465 e. The second kappa shape index (κ2) is 5.05. The van der Waals surface area contributed by atoms with E-state index in [0.29, 0.717) is 5.56 Å². The van der Waals surface area contributed by atoms with E-state index in [0.717, 1.165) is 33.5 Å². The summed E-state index contributed by atoms with van der Waals surface area (Å²) in [5.41, 5.74) is 4.75. The lowest BCUT2D eigenvalue weighted by atomic mass is 10.0. The van der Waals surface area contributed by atoms with Crippen LogP contribution in [0.1, 0.15) is 21.7 Å². The van der Waals surface area contributed by atoms with E-state index in [2.05, 4.69) is 9.97 Å². The number of pyridine rings is 1. The molecule has 0 saturated carbocycles. The van der Waals surface area contributed by atoms with E-state index in [1.165, 1.54) is 7.11 Å². The Morgan fingerprint density at radius 1 is 1.10 bits per heavy atom. The molecule has 0 atom stereocenters. The summed E-state index contributed by atoms with van der Waals surface area (Å²) in [6, 6.07) is 11.9.